The number of benzene rings is 1. The van der Waals surface area contributed by atoms with E-state index in [9.17, 15) is 4.79 Å². The third-order valence-corrected chi connectivity index (χ3v) is 4.89. The molecule has 1 aromatic carbocycles. The number of aliphatic carboxylic acids is 1. The van der Waals surface area contributed by atoms with Crippen LogP contribution in [0.25, 0.3) is 5.82 Å². The van der Waals surface area contributed by atoms with E-state index >= 15 is 0 Å². The molecule has 3 rings (SSSR count). The number of thiol groups is 1. The average Bonchev–Trinajstić information content (AvgIpc) is 3.23. The minimum absolute atomic E-state index is 0.0808. The van der Waals surface area contributed by atoms with E-state index in [2.05, 4.69) is 35.0 Å². The monoisotopic (exact) mass is 428 g/mol. The molecule has 30 heavy (non-hydrogen) atoms. The molecule has 2 heterocycles. The van der Waals surface area contributed by atoms with Gasteiger partial charge in [-0.1, -0.05) is 19.1 Å². The smallest absolute Gasteiger partial charge is 0.329 e. The number of hydrogen-bond donors (Lipinski definition) is 3. The van der Waals surface area contributed by atoms with Gasteiger partial charge in [0.25, 0.3) is 0 Å². The predicted molar refractivity (Wildman–Crippen MR) is 115 cm³/mol. The van der Waals surface area contributed by atoms with E-state index in [0.29, 0.717) is 12.5 Å². The van der Waals surface area contributed by atoms with Crippen molar-refractivity contribution in [3.63, 3.8) is 0 Å². The van der Waals surface area contributed by atoms with E-state index in [4.69, 9.17) is 14.6 Å². The van der Waals surface area contributed by atoms with Gasteiger partial charge in [-0.25, -0.2) is 14.5 Å². The van der Waals surface area contributed by atoms with E-state index in [1.807, 2.05) is 42.6 Å². The number of aromatic nitrogens is 3. The zero-order chi connectivity index (χ0) is 21.5. The average molecular weight is 429 g/mol. The molecule has 0 spiro atoms. The van der Waals surface area contributed by atoms with Gasteiger partial charge in [0.1, 0.15) is 13.3 Å². The molecule has 0 fully saturated rings. The lowest BCUT2D eigenvalue weighted by molar-refractivity contribution is -0.142. The molecule has 0 aliphatic rings. The van der Waals surface area contributed by atoms with Gasteiger partial charge in [0.2, 0.25) is 0 Å². The second-order valence-corrected chi connectivity index (χ2v) is 7.19. The molecule has 0 saturated carbocycles. The van der Waals surface area contributed by atoms with Gasteiger partial charge in [0.15, 0.2) is 5.82 Å². The van der Waals surface area contributed by atoms with Crippen molar-refractivity contribution in [1.29, 1.82) is 0 Å². The molecule has 2 aromatic heterocycles. The van der Waals surface area contributed by atoms with Crippen molar-refractivity contribution in [2.24, 2.45) is 0 Å². The van der Waals surface area contributed by atoms with Crippen molar-refractivity contribution in [2.75, 3.05) is 25.8 Å². The first-order valence-electron chi connectivity index (χ1n) is 9.34. The minimum Gasteiger partial charge on any atom is -0.480 e. The predicted octanol–water partition coefficient (Wildman–Crippen LogP) is 3.32. The molecule has 0 aliphatic heterocycles. The molecule has 1 atom stereocenters. The molecule has 3 aromatic rings. The summed E-state index contributed by atoms with van der Waals surface area (Å²) in [5.74, 6) is -0.245. The normalized spacial score (nSPS) is 12.0. The van der Waals surface area contributed by atoms with Crippen molar-refractivity contribution in [3.05, 3.63) is 65.6 Å². The fourth-order valence-electron chi connectivity index (χ4n) is 2.88. The molecule has 0 amide bonds. The molecular weight excluding hydrogens is 404 g/mol. The standard InChI is InChI=1S/C21H24N4O4S/c1-14(16-4-5-18(19(30)9-16)23-13-28-2)17-7-8-25(24-17)20-6-3-15(10-22-20)11-29-12-21(26)27/h3-10,14,23,30H,11-13H2,1-2H3,(H,26,27). The highest BCUT2D eigenvalue weighted by molar-refractivity contribution is 7.80. The van der Waals surface area contributed by atoms with Crippen LogP contribution in [0.1, 0.15) is 29.7 Å². The number of carbonyl (C=O) groups is 1. The van der Waals surface area contributed by atoms with Crippen LogP contribution in [-0.4, -0.2) is 46.3 Å². The Balaban J connectivity index is 1.68. The molecule has 9 heteroatoms. The van der Waals surface area contributed by atoms with E-state index < -0.39 is 5.97 Å². The number of methoxy groups -OCH3 is 1. The summed E-state index contributed by atoms with van der Waals surface area (Å²) in [6, 6.07) is 11.7. The van der Waals surface area contributed by atoms with Crippen molar-refractivity contribution in [2.45, 2.75) is 24.3 Å². The number of nitrogens with one attached hydrogen (secondary N) is 1. The van der Waals surface area contributed by atoms with Crippen LogP contribution in [0.2, 0.25) is 0 Å². The van der Waals surface area contributed by atoms with Crippen molar-refractivity contribution >= 4 is 24.3 Å². The lowest BCUT2D eigenvalue weighted by Gasteiger charge is -2.13. The summed E-state index contributed by atoms with van der Waals surface area (Å²) in [5, 5.41) is 16.4. The van der Waals surface area contributed by atoms with E-state index in [1.54, 1.807) is 18.0 Å². The second-order valence-electron chi connectivity index (χ2n) is 6.70. The highest BCUT2D eigenvalue weighted by Crippen LogP contribution is 2.29. The molecular formula is C21H24N4O4S. The highest BCUT2D eigenvalue weighted by Gasteiger charge is 2.14. The first kappa shape index (κ1) is 21.8. The lowest BCUT2D eigenvalue weighted by atomic mass is 9.98. The summed E-state index contributed by atoms with van der Waals surface area (Å²) >= 11 is 4.56. The van der Waals surface area contributed by atoms with Gasteiger partial charge in [-0.3, -0.25) is 0 Å². The van der Waals surface area contributed by atoms with Crippen LogP contribution in [-0.2, 0) is 20.9 Å². The highest BCUT2D eigenvalue weighted by atomic mass is 32.1. The van der Waals surface area contributed by atoms with Gasteiger partial charge in [0, 0.05) is 36.0 Å². The molecule has 158 valence electrons. The zero-order valence-electron chi connectivity index (χ0n) is 16.8. The molecule has 1 unspecified atom stereocenters. The number of pyridine rings is 1. The van der Waals surface area contributed by atoms with E-state index in [0.717, 1.165) is 27.4 Å². The molecule has 0 saturated heterocycles. The van der Waals surface area contributed by atoms with E-state index in [-0.39, 0.29) is 19.1 Å². The fourth-order valence-corrected chi connectivity index (χ4v) is 3.18. The lowest BCUT2D eigenvalue weighted by Crippen LogP contribution is -2.07. The molecule has 0 bridgehead atoms. The summed E-state index contributed by atoms with van der Waals surface area (Å²) in [4.78, 5) is 15.7. The minimum atomic E-state index is -0.997. The topological polar surface area (TPSA) is 98.5 Å². The number of hydrogen-bond acceptors (Lipinski definition) is 7. The van der Waals surface area contributed by atoms with Crippen LogP contribution < -0.4 is 5.32 Å². The molecule has 0 radical (unpaired) electrons. The Kier molecular flexibility index (Phi) is 7.45. The number of nitrogens with zero attached hydrogens (tertiary/aromatic N) is 3. The zero-order valence-corrected chi connectivity index (χ0v) is 17.7. The van der Waals surface area contributed by atoms with Gasteiger partial charge >= 0.3 is 5.97 Å². The maximum Gasteiger partial charge on any atom is 0.329 e. The van der Waals surface area contributed by atoms with Crippen LogP contribution in [0.4, 0.5) is 5.69 Å². The van der Waals surface area contributed by atoms with Crippen LogP contribution in [0.5, 0.6) is 0 Å². The Bertz CT molecular complexity index is 991. The van der Waals surface area contributed by atoms with Gasteiger partial charge in [0.05, 0.1) is 12.3 Å². The third kappa shape index (κ3) is 5.59. The SMILES string of the molecule is COCNc1ccc(C(C)c2ccn(-c3ccc(COCC(=O)O)cn3)n2)cc1S. The van der Waals surface area contributed by atoms with Gasteiger partial charge in [-0.2, -0.15) is 5.10 Å². The van der Waals surface area contributed by atoms with Gasteiger partial charge in [-0.15, -0.1) is 12.6 Å². The van der Waals surface area contributed by atoms with Crippen LogP contribution >= 0.6 is 12.6 Å². The van der Waals surface area contributed by atoms with E-state index in [1.165, 1.54) is 0 Å². The van der Waals surface area contributed by atoms with Crippen molar-refractivity contribution in [1.82, 2.24) is 14.8 Å². The number of carboxylic acids is 1. The number of anilines is 1. The molecule has 8 nitrogen and oxygen atoms in total. The third-order valence-electron chi connectivity index (χ3n) is 4.52. The van der Waals surface area contributed by atoms with Crippen LogP contribution in [0.15, 0.2) is 53.7 Å². The summed E-state index contributed by atoms with van der Waals surface area (Å²) in [6.07, 6.45) is 3.52. The Morgan fingerprint density at radius 2 is 2.13 bits per heavy atom. The van der Waals surface area contributed by atoms with Gasteiger partial charge in [-0.05, 0) is 35.4 Å². The summed E-state index contributed by atoms with van der Waals surface area (Å²) < 4.78 is 11.8. The summed E-state index contributed by atoms with van der Waals surface area (Å²) in [5.41, 5.74) is 3.73. The molecule has 0 aliphatic carbocycles. The number of ether oxygens (including phenoxy) is 2. The Labute approximate surface area is 180 Å². The first-order valence-corrected chi connectivity index (χ1v) is 9.78. The second kappa shape index (κ2) is 10.2. The Hall–Kier alpha value is -2.88. The summed E-state index contributed by atoms with van der Waals surface area (Å²) in [7, 11) is 1.63. The summed E-state index contributed by atoms with van der Waals surface area (Å²) in [6.45, 7) is 2.37. The number of rotatable bonds is 10. The fraction of sp³-hybridized carbons (Fsp3) is 0.286. The van der Waals surface area contributed by atoms with Crippen molar-refractivity contribution in [3.8, 4) is 5.82 Å². The van der Waals surface area contributed by atoms with Crippen molar-refractivity contribution < 1.29 is 19.4 Å². The number of carboxylic acid groups (broad SMARTS) is 1. The Morgan fingerprint density at radius 1 is 1.30 bits per heavy atom. The Morgan fingerprint density at radius 3 is 2.80 bits per heavy atom. The molecule has 2 N–H and O–H groups in total. The quantitative estimate of drug-likeness (QED) is 0.337. The largest absolute Gasteiger partial charge is 0.480 e. The van der Waals surface area contributed by atoms with Crippen LogP contribution in [0.3, 0.4) is 0 Å². The van der Waals surface area contributed by atoms with Gasteiger partial charge < -0.3 is 19.9 Å². The van der Waals surface area contributed by atoms with Crippen LogP contribution in [0, 0.1) is 0 Å². The first-order chi connectivity index (χ1) is 14.5. The maximum absolute atomic E-state index is 10.5. The maximum atomic E-state index is 10.5.